The number of nitrogens with two attached hydrogens (primary N) is 1. The molecule has 108 valence electrons. The molecule has 19 heavy (non-hydrogen) atoms. The summed E-state index contributed by atoms with van der Waals surface area (Å²) < 4.78 is 2.27. The second-order valence-electron chi connectivity index (χ2n) is 6.41. The minimum Gasteiger partial charge on any atom is -0.335 e. The van der Waals surface area contributed by atoms with Gasteiger partial charge < -0.3 is 10.3 Å². The highest BCUT2D eigenvalue weighted by atomic mass is 15.0. The second-order valence-corrected chi connectivity index (χ2v) is 6.41. The zero-order valence-electron chi connectivity index (χ0n) is 12.7. The number of imidazole rings is 1. The first-order valence-corrected chi connectivity index (χ1v) is 7.85. The van der Waals surface area contributed by atoms with E-state index in [9.17, 15) is 0 Å². The van der Waals surface area contributed by atoms with Gasteiger partial charge in [0.25, 0.3) is 0 Å². The molecule has 3 atom stereocenters. The fourth-order valence-electron chi connectivity index (χ4n) is 3.58. The molecule has 1 aromatic rings. The van der Waals surface area contributed by atoms with Crippen LogP contribution in [0, 0.1) is 23.7 Å². The van der Waals surface area contributed by atoms with Crippen molar-refractivity contribution in [1.82, 2.24) is 9.55 Å². The monoisotopic (exact) mass is 263 g/mol. The van der Waals surface area contributed by atoms with Crippen molar-refractivity contribution < 1.29 is 0 Å². The van der Waals surface area contributed by atoms with Gasteiger partial charge in [-0.15, -0.1) is 0 Å². The van der Waals surface area contributed by atoms with E-state index >= 15 is 0 Å². The Morgan fingerprint density at radius 3 is 2.79 bits per heavy atom. The van der Waals surface area contributed by atoms with Crippen molar-refractivity contribution in [3.63, 3.8) is 0 Å². The molecule has 1 fully saturated rings. The minimum absolute atomic E-state index is 0.692. The summed E-state index contributed by atoms with van der Waals surface area (Å²) in [6.45, 7) is 8.75. The summed E-state index contributed by atoms with van der Waals surface area (Å²) in [5.74, 6) is 4.33. The predicted octanol–water partition coefficient (Wildman–Crippen LogP) is 3.09. The van der Waals surface area contributed by atoms with Crippen molar-refractivity contribution in [2.45, 2.75) is 53.0 Å². The van der Waals surface area contributed by atoms with E-state index < -0.39 is 0 Å². The molecule has 3 nitrogen and oxygen atoms in total. The minimum atomic E-state index is 0.692. The Morgan fingerprint density at radius 2 is 2.16 bits per heavy atom. The van der Waals surface area contributed by atoms with E-state index in [-0.39, 0.29) is 0 Å². The molecule has 1 aliphatic carbocycles. The lowest BCUT2D eigenvalue weighted by atomic mass is 9.69. The van der Waals surface area contributed by atoms with Gasteiger partial charge in [-0.05, 0) is 56.4 Å². The van der Waals surface area contributed by atoms with Gasteiger partial charge in [0, 0.05) is 25.4 Å². The predicted molar refractivity (Wildman–Crippen MR) is 79.8 cm³/mol. The Bertz CT molecular complexity index is 383. The van der Waals surface area contributed by atoms with E-state index in [4.69, 9.17) is 5.73 Å². The van der Waals surface area contributed by atoms with Crippen molar-refractivity contribution in [3.05, 3.63) is 18.2 Å². The van der Waals surface area contributed by atoms with Crippen LogP contribution in [0.25, 0.3) is 0 Å². The highest BCUT2D eigenvalue weighted by Crippen LogP contribution is 2.38. The summed E-state index contributed by atoms with van der Waals surface area (Å²) in [4.78, 5) is 4.54. The normalized spacial score (nSPS) is 27.9. The molecule has 2 rings (SSSR count). The zero-order chi connectivity index (χ0) is 13.8. The van der Waals surface area contributed by atoms with E-state index in [0.717, 1.165) is 37.3 Å². The highest BCUT2D eigenvalue weighted by molar-refractivity contribution is 4.96. The van der Waals surface area contributed by atoms with Crippen LogP contribution < -0.4 is 5.73 Å². The molecule has 0 aromatic carbocycles. The van der Waals surface area contributed by atoms with Crippen LogP contribution in [-0.2, 0) is 13.0 Å². The summed E-state index contributed by atoms with van der Waals surface area (Å²) >= 11 is 0. The molecular weight excluding hydrogens is 234 g/mol. The topological polar surface area (TPSA) is 43.8 Å². The van der Waals surface area contributed by atoms with Gasteiger partial charge in [-0.25, -0.2) is 4.98 Å². The SMILES string of the molecule is CCn1ccnc1CC1CC(C(C)C)CCC1CN. The van der Waals surface area contributed by atoms with E-state index in [0.29, 0.717) is 5.92 Å². The van der Waals surface area contributed by atoms with Gasteiger partial charge in [0.15, 0.2) is 0 Å². The molecule has 0 amide bonds. The quantitative estimate of drug-likeness (QED) is 0.887. The van der Waals surface area contributed by atoms with E-state index in [2.05, 4.69) is 36.5 Å². The summed E-state index contributed by atoms with van der Waals surface area (Å²) in [6, 6.07) is 0. The highest BCUT2D eigenvalue weighted by Gasteiger charge is 2.31. The van der Waals surface area contributed by atoms with Gasteiger partial charge in [0.1, 0.15) is 5.82 Å². The maximum absolute atomic E-state index is 5.99. The summed E-state index contributed by atoms with van der Waals surface area (Å²) in [5, 5.41) is 0. The Labute approximate surface area is 117 Å². The standard InChI is InChI=1S/C16H29N3/c1-4-19-8-7-18-16(19)10-15-9-13(12(2)3)5-6-14(15)11-17/h7-8,12-15H,4-6,9-11,17H2,1-3H3. The first kappa shape index (κ1) is 14.6. The molecule has 3 unspecified atom stereocenters. The molecule has 1 aliphatic rings. The molecule has 1 heterocycles. The van der Waals surface area contributed by atoms with Crippen molar-refractivity contribution >= 4 is 0 Å². The van der Waals surface area contributed by atoms with Crippen LogP contribution in [0.2, 0.25) is 0 Å². The smallest absolute Gasteiger partial charge is 0.108 e. The van der Waals surface area contributed by atoms with Gasteiger partial charge in [-0.1, -0.05) is 13.8 Å². The lowest BCUT2D eigenvalue weighted by molar-refractivity contribution is 0.148. The Balaban J connectivity index is 2.06. The lowest BCUT2D eigenvalue weighted by Gasteiger charge is -2.37. The van der Waals surface area contributed by atoms with Gasteiger partial charge in [-0.3, -0.25) is 0 Å². The van der Waals surface area contributed by atoms with Crippen molar-refractivity contribution in [3.8, 4) is 0 Å². The first-order valence-electron chi connectivity index (χ1n) is 7.85. The number of nitrogens with zero attached hydrogens (tertiary/aromatic N) is 2. The second kappa shape index (κ2) is 6.56. The molecular formula is C16H29N3. The third-order valence-corrected chi connectivity index (χ3v) is 5.01. The average Bonchev–Trinajstić information content (AvgIpc) is 2.85. The maximum atomic E-state index is 5.99. The zero-order valence-corrected chi connectivity index (χ0v) is 12.7. The third kappa shape index (κ3) is 3.38. The number of aromatic nitrogens is 2. The average molecular weight is 263 g/mol. The Hall–Kier alpha value is -0.830. The van der Waals surface area contributed by atoms with Crippen LogP contribution in [-0.4, -0.2) is 16.1 Å². The molecule has 0 spiro atoms. The molecule has 0 bridgehead atoms. The molecule has 3 heteroatoms. The number of aryl methyl sites for hydroxylation is 1. The van der Waals surface area contributed by atoms with Crippen molar-refractivity contribution in [2.75, 3.05) is 6.54 Å². The van der Waals surface area contributed by atoms with Crippen molar-refractivity contribution in [2.24, 2.45) is 29.4 Å². The van der Waals surface area contributed by atoms with E-state index in [1.807, 2.05) is 6.20 Å². The maximum Gasteiger partial charge on any atom is 0.108 e. The van der Waals surface area contributed by atoms with Crippen LogP contribution in [0.5, 0.6) is 0 Å². The fraction of sp³-hybridized carbons (Fsp3) is 0.812. The van der Waals surface area contributed by atoms with E-state index in [1.54, 1.807) is 0 Å². The van der Waals surface area contributed by atoms with Crippen LogP contribution >= 0.6 is 0 Å². The van der Waals surface area contributed by atoms with Crippen LogP contribution in [0.15, 0.2) is 12.4 Å². The van der Waals surface area contributed by atoms with Gasteiger partial charge in [0.2, 0.25) is 0 Å². The van der Waals surface area contributed by atoms with Gasteiger partial charge in [-0.2, -0.15) is 0 Å². The van der Waals surface area contributed by atoms with Crippen molar-refractivity contribution in [1.29, 1.82) is 0 Å². The van der Waals surface area contributed by atoms with Crippen LogP contribution in [0.4, 0.5) is 0 Å². The lowest BCUT2D eigenvalue weighted by Crippen LogP contribution is -2.33. The number of rotatable bonds is 5. The molecule has 1 aromatic heterocycles. The molecule has 0 aliphatic heterocycles. The first-order chi connectivity index (χ1) is 9.15. The Kier molecular flexibility index (Phi) is 5.03. The number of hydrogen-bond acceptors (Lipinski definition) is 2. The summed E-state index contributed by atoms with van der Waals surface area (Å²) in [7, 11) is 0. The van der Waals surface area contributed by atoms with Crippen LogP contribution in [0.1, 0.15) is 45.9 Å². The fourth-order valence-corrected chi connectivity index (χ4v) is 3.58. The third-order valence-electron chi connectivity index (χ3n) is 5.01. The molecule has 0 radical (unpaired) electrons. The molecule has 0 saturated heterocycles. The largest absolute Gasteiger partial charge is 0.335 e. The van der Waals surface area contributed by atoms with Crippen LogP contribution in [0.3, 0.4) is 0 Å². The summed E-state index contributed by atoms with van der Waals surface area (Å²) in [6.07, 6.45) is 9.12. The summed E-state index contributed by atoms with van der Waals surface area (Å²) in [5.41, 5.74) is 5.99. The Morgan fingerprint density at radius 1 is 1.37 bits per heavy atom. The van der Waals surface area contributed by atoms with E-state index in [1.165, 1.54) is 25.1 Å². The van der Waals surface area contributed by atoms with Gasteiger partial charge >= 0.3 is 0 Å². The molecule has 2 N–H and O–H groups in total. The number of hydrogen-bond donors (Lipinski definition) is 1. The van der Waals surface area contributed by atoms with Gasteiger partial charge in [0.05, 0.1) is 0 Å². The molecule has 1 saturated carbocycles.